The van der Waals surface area contributed by atoms with Gasteiger partial charge < -0.3 is 90.1 Å². The van der Waals surface area contributed by atoms with Crippen LogP contribution in [0.1, 0.15) is 92.9 Å². The smallest absolute Gasteiger partial charge is 0.312 e. The van der Waals surface area contributed by atoms with Crippen molar-refractivity contribution in [3.63, 3.8) is 0 Å². The van der Waals surface area contributed by atoms with Crippen molar-refractivity contribution in [3.05, 3.63) is 23.3 Å². The molecule has 2 heterocycles. The summed E-state index contributed by atoms with van der Waals surface area (Å²) >= 11 is 0. The lowest BCUT2D eigenvalue weighted by Crippen LogP contribution is -2.67. The van der Waals surface area contributed by atoms with Crippen LogP contribution in [-0.4, -0.2) is 197 Å². The summed E-state index contributed by atoms with van der Waals surface area (Å²) in [6.07, 6.45) is -13.7. The minimum Gasteiger partial charge on any atom is -0.462 e. The van der Waals surface area contributed by atoms with Crippen LogP contribution < -0.4 is 0 Å². The maximum absolute atomic E-state index is 13.8. The van der Waals surface area contributed by atoms with E-state index in [1.165, 1.54) is 0 Å². The fourth-order valence-electron chi connectivity index (χ4n) is 13.9. The average Bonchev–Trinajstić information content (AvgIpc) is 3.29. The Kier molecular flexibility index (Phi) is 14.8. The van der Waals surface area contributed by atoms with Gasteiger partial charge in [-0.05, 0) is 93.5 Å². The van der Waals surface area contributed by atoms with Crippen LogP contribution in [0.25, 0.3) is 0 Å². The first-order valence-corrected chi connectivity index (χ1v) is 23.7. The van der Waals surface area contributed by atoms with Gasteiger partial charge in [-0.25, -0.2) is 0 Å². The number of hydrogen-bond donors (Lipinski definition) is 13. The van der Waals surface area contributed by atoms with E-state index in [1.807, 2.05) is 6.92 Å². The van der Waals surface area contributed by atoms with Crippen molar-refractivity contribution in [3.8, 4) is 0 Å². The minimum atomic E-state index is -1.78. The highest BCUT2D eigenvalue weighted by atomic mass is 16.7. The average molecular weight is 945 g/mol. The topological polar surface area (TPSA) is 326 Å². The van der Waals surface area contributed by atoms with Gasteiger partial charge in [-0.2, -0.15) is 0 Å². The second-order valence-electron chi connectivity index (χ2n) is 22.1. The second-order valence-corrected chi connectivity index (χ2v) is 22.1. The van der Waals surface area contributed by atoms with E-state index in [1.54, 1.807) is 13.8 Å². The lowest BCUT2D eigenvalue weighted by Gasteiger charge is -2.70. The third kappa shape index (κ3) is 8.06. The molecule has 0 radical (unpaired) electrons. The Morgan fingerprint density at radius 1 is 0.788 bits per heavy atom. The predicted molar refractivity (Wildman–Crippen MR) is 229 cm³/mol. The minimum absolute atomic E-state index is 0.0658. The summed E-state index contributed by atoms with van der Waals surface area (Å²) in [6.45, 7) is 9.21. The molecule has 19 heteroatoms. The first kappa shape index (κ1) is 52.1. The van der Waals surface area contributed by atoms with E-state index in [0.29, 0.717) is 38.5 Å². The maximum Gasteiger partial charge on any atom is 0.312 e. The Hall–Kier alpha value is -1.73. The van der Waals surface area contributed by atoms with Crippen molar-refractivity contribution in [1.82, 2.24) is 0 Å². The van der Waals surface area contributed by atoms with Crippen LogP contribution in [0.15, 0.2) is 23.3 Å². The highest BCUT2D eigenvalue weighted by Gasteiger charge is 2.69. The van der Waals surface area contributed by atoms with Crippen molar-refractivity contribution < 1.29 is 94.9 Å². The number of fused-ring (bicyclic) bond motifs is 6. The molecule has 0 spiro atoms. The van der Waals surface area contributed by atoms with Gasteiger partial charge in [0, 0.05) is 16.2 Å². The molecule has 0 bridgehead atoms. The molecule has 5 fully saturated rings. The van der Waals surface area contributed by atoms with Gasteiger partial charge in [-0.1, -0.05) is 45.4 Å². The molecule has 0 amide bonds. The Labute approximate surface area is 385 Å². The summed E-state index contributed by atoms with van der Waals surface area (Å²) in [7, 11) is 0. The number of aliphatic hydroxyl groups is 13. The number of hydrogen-bond acceptors (Lipinski definition) is 19. The van der Waals surface area contributed by atoms with Crippen LogP contribution in [0.5, 0.6) is 0 Å². The molecule has 0 aromatic carbocycles. The SMILES string of the molecule is C[C@H]1O[C@@H](O[C@H]2CC[C@@]3(C)[C@H](CC[C@]4(C)[C@@H]3C=CC3=C5C[C@@](C)(C(=O)OC[C@H](O)[C@@H](O)[C@H](O)CO)CC[C@]5(CO)[C@H](O)C[C@]34C)[C@]2(C)CO)[C@H](O)[C@@H](O[C@@H]2O[C@H](CO)[C@@H](O)[C@H](O)[C@H]2O)[C@H]1O. The number of rotatable bonds is 13. The first-order valence-electron chi connectivity index (χ1n) is 23.7. The zero-order valence-corrected chi connectivity index (χ0v) is 38.9. The van der Waals surface area contributed by atoms with Gasteiger partial charge >= 0.3 is 5.97 Å². The summed E-state index contributed by atoms with van der Waals surface area (Å²) in [5, 5.41) is 138. The van der Waals surface area contributed by atoms with E-state index in [2.05, 4.69) is 32.9 Å². The summed E-state index contributed by atoms with van der Waals surface area (Å²) in [6, 6.07) is 0. The van der Waals surface area contributed by atoms with Gasteiger partial charge in [-0.15, -0.1) is 0 Å². The predicted octanol–water partition coefficient (Wildman–Crippen LogP) is -1.72. The molecule has 0 aromatic rings. The summed E-state index contributed by atoms with van der Waals surface area (Å²) in [5.74, 6) is -0.824. The molecule has 0 aromatic heterocycles. The van der Waals surface area contributed by atoms with Gasteiger partial charge in [0.15, 0.2) is 12.6 Å². The van der Waals surface area contributed by atoms with Crippen LogP contribution in [0, 0.1) is 44.3 Å². The van der Waals surface area contributed by atoms with E-state index < -0.39 is 150 Å². The van der Waals surface area contributed by atoms with Gasteiger partial charge in [-0.3, -0.25) is 4.79 Å². The summed E-state index contributed by atoms with van der Waals surface area (Å²) in [5.41, 5.74) is -2.75. The molecular weight excluding hydrogens is 868 g/mol. The van der Waals surface area contributed by atoms with Crippen LogP contribution in [-0.2, 0) is 28.5 Å². The van der Waals surface area contributed by atoms with Crippen LogP contribution >= 0.6 is 0 Å². The lowest BCUT2D eigenvalue weighted by molar-refractivity contribution is -0.367. The van der Waals surface area contributed by atoms with Crippen LogP contribution in [0.4, 0.5) is 0 Å². The third-order valence-corrected chi connectivity index (χ3v) is 18.5. The molecule has 7 aliphatic rings. The molecule has 66 heavy (non-hydrogen) atoms. The van der Waals surface area contributed by atoms with Gasteiger partial charge in [0.05, 0.1) is 50.2 Å². The second kappa shape index (κ2) is 18.8. The molecule has 7 rings (SSSR count). The molecule has 2 aliphatic heterocycles. The normalized spacial score (nSPS) is 50.6. The van der Waals surface area contributed by atoms with E-state index in [9.17, 15) is 71.2 Å². The number of aliphatic hydroxyl groups excluding tert-OH is 13. The highest BCUT2D eigenvalue weighted by molar-refractivity contribution is 5.77. The lowest BCUT2D eigenvalue weighted by atomic mass is 9.35. The van der Waals surface area contributed by atoms with Crippen LogP contribution in [0.3, 0.4) is 0 Å². The number of allylic oxidation sites excluding steroid dienone is 3. The number of esters is 1. The van der Waals surface area contributed by atoms with E-state index in [0.717, 1.165) is 11.1 Å². The highest BCUT2D eigenvalue weighted by Crippen LogP contribution is 2.74. The Balaban J connectivity index is 1.14. The molecule has 5 aliphatic carbocycles. The van der Waals surface area contributed by atoms with E-state index >= 15 is 0 Å². The van der Waals surface area contributed by atoms with Gasteiger partial charge in [0.25, 0.3) is 0 Å². The number of ether oxygens (including phenoxy) is 5. The van der Waals surface area contributed by atoms with Crippen molar-refractivity contribution in [2.75, 3.05) is 33.0 Å². The monoisotopic (exact) mass is 944 g/mol. The summed E-state index contributed by atoms with van der Waals surface area (Å²) in [4.78, 5) is 13.8. The zero-order chi connectivity index (χ0) is 48.7. The molecule has 13 N–H and O–H groups in total. The molecule has 2 saturated heterocycles. The van der Waals surface area contributed by atoms with E-state index in [4.69, 9.17) is 23.7 Å². The Morgan fingerprint density at radius 2 is 1.47 bits per heavy atom. The number of carbonyl (C=O) groups is 1. The van der Waals surface area contributed by atoms with Crippen molar-refractivity contribution in [1.29, 1.82) is 0 Å². The zero-order valence-electron chi connectivity index (χ0n) is 38.9. The van der Waals surface area contributed by atoms with E-state index in [-0.39, 0.29) is 37.9 Å². The van der Waals surface area contributed by atoms with Crippen LogP contribution in [0.2, 0.25) is 0 Å². The molecular formula is C47H76O19. The molecule has 19 nitrogen and oxygen atoms in total. The quantitative estimate of drug-likeness (QED) is 0.0721. The van der Waals surface area contributed by atoms with Gasteiger partial charge in [0.2, 0.25) is 0 Å². The molecule has 0 unspecified atom stereocenters. The molecule has 3 saturated carbocycles. The van der Waals surface area contributed by atoms with Crippen molar-refractivity contribution in [2.24, 2.45) is 44.3 Å². The van der Waals surface area contributed by atoms with Crippen molar-refractivity contribution >= 4 is 5.97 Å². The maximum atomic E-state index is 13.8. The molecule has 23 atom stereocenters. The summed E-state index contributed by atoms with van der Waals surface area (Å²) < 4.78 is 29.5. The Morgan fingerprint density at radius 3 is 2.11 bits per heavy atom. The van der Waals surface area contributed by atoms with Crippen molar-refractivity contribution in [2.45, 2.75) is 185 Å². The third-order valence-electron chi connectivity index (χ3n) is 18.5. The largest absolute Gasteiger partial charge is 0.462 e. The number of carbonyl (C=O) groups excluding carboxylic acids is 1. The van der Waals surface area contributed by atoms with Gasteiger partial charge in [0.1, 0.15) is 67.6 Å². The molecule has 378 valence electrons. The first-order chi connectivity index (χ1) is 30.9. The Bertz CT molecular complexity index is 1810. The fourth-order valence-corrected chi connectivity index (χ4v) is 13.9. The fraction of sp³-hybridized carbons (Fsp3) is 0.894. The standard InChI is InChI=1S/C47H76O19/c1-22-32(55)38(66-39-36(59)35(58)34(57)27(18-49)64-39)37(60)40(63-22)65-31-10-11-43(3)28(44(31,4)20-50)9-12-45(5)29(43)8-7-23-24-15-42(2,41(61)62-19-26(53)33(56)25(52)17-48)13-14-47(24,21-51)30(54)16-46(23,45)6/h7-8,22,25-40,48-60H,9-21H2,1-6H3/t22-,25-,26+,27-,28+,29-,30-,31+,32+,33+,34-,35+,36-,37-,38+,39+,40+,42+,43+,44+,45-,46-,47-/m1/s1.